The first kappa shape index (κ1) is 21.3. The van der Waals surface area contributed by atoms with Crippen LogP contribution in [-0.2, 0) is 11.2 Å². The molecule has 0 saturated carbocycles. The van der Waals surface area contributed by atoms with Crippen LogP contribution < -0.4 is 10.6 Å². The van der Waals surface area contributed by atoms with Gasteiger partial charge >= 0.3 is 0 Å². The number of hydrogen-bond donors (Lipinski definition) is 2. The number of aromatic nitrogens is 2. The number of anilines is 3. The molecule has 5 heteroatoms. The summed E-state index contributed by atoms with van der Waals surface area (Å²) in [6.45, 7) is 1.88. The molecule has 1 heterocycles. The molecule has 5 rings (SSSR count). The third kappa shape index (κ3) is 4.94. The molecule has 0 atom stereocenters. The molecule has 0 aliphatic rings. The van der Waals surface area contributed by atoms with Crippen molar-refractivity contribution in [1.82, 2.24) is 9.97 Å². The lowest BCUT2D eigenvalue weighted by Gasteiger charge is -2.11. The zero-order chi connectivity index (χ0) is 23.3. The van der Waals surface area contributed by atoms with Gasteiger partial charge in [0.15, 0.2) is 0 Å². The Bertz CT molecular complexity index is 1460. The fourth-order valence-electron chi connectivity index (χ4n) is 4.04. The van der Waals surface area contributed by atoms with Crippen LogP contribution in [-0.4, -0.2) is 15.9 Å². The number of benzene rings is 4. The van der Waals surface area contributed by atoms with Gasteiger partial charge < -0.3 is 10.6 Å². The van der Waals surface area contributed by atoms with Gasteiger partial charge in [-0.15, -0.1) is 0 Å². The zero-order valence-corrected chi connectivity index (χ0v) is 18.8. The fraction of sp³-hybridized carbons (Fsp3) is 0.0690. The van der Waals surface area contributed by atoms with E-state index in [-0.39, 0.29) is 5.91 Å². The minimum atomic E-state index is -0.0576. The molecular weight excluding hydrogens is 420 g/mol. The number of amides is 1. The molecule has 0 bridgehead atoms. The van der Waals surface area contributed by atoms with Crippen molar-refractivity contribution in [2.75, 3.05) is 10.6 Å². The van der Waals surface area contributed by atoms with E-state index in [1.54, 1.807) is 0 Å². The third-order valence-electron chi connectivity index (χ3n) is 5.56. The molecule has 34 heavy (non-hydrogen) atoms. The van der Waals surface area contributed by atoms with E-state index in [0.717, 1.165) is 39.0 Å². The fourth-order valence-corrected chi connectivity index (χ4v) is 4.04. The Morgan fingerprint density at radius 1 is 0.765 bits per heavy atom. The summed E-state index contributed by atoms with van der Waals surface area (Å²) in [4.78, 5) is 21.9. The lowest BCUT2D eigenvalue weighted by Crippen LogP contribution is -2.14. The number of nitrogens with zero attached hydrogens (tertiary/aromatic N) is 2. The summed E-state index contributed by atoms with van der Waals surface area (Å²) in [5.74, 6) is 1.33. The van der Waals surface area contributed by atoms with E-state index in [1.165, 1.54) is 0 Å². The standard InChI is InChI=1S/C29H24N4O/c1-20-30-27(22-10-3-2-4-11-22)19-28(31-20)32-24-14-8-15-25(18-24)33-29(34)17-23-13-7-12-21-9-5-6-16-26(21)23/h2-16,18-19H,17H2,1H3,(H,33,34)(H,30,31,32). The van der Waals surface area contributed by atoms with Gasteiger partial charge in [-0.05, 0) is 41.5 Å². The van der Waals surface area contributed by atoms with Crippen molar-refractivity contribution in [3.63, 3.8) is 0 Å². The highest BCUT2D eigenvalue weighted by Gasteiger charge is 2.09. The summed E-state index contributed by atoms with van der Waals surface area (Å²) in [5, 5.41) is 8.59. The highest BCUT2D eigenvalue weighted by Crippen LogP contribution is 2.24. The Hall–Kier alpha value is -4.51. The van der Waals surface area contributed by atoms with Crippen molar-refractivity contribution in [1.29, 1.82) is 0 Å². The van der Waals surface area contributed by atoms with Crippen LogP contribution in [0, 0.1) is 6.92 Å². The maximum atomic E-state index is 12.8. The van der Waals surface area contributed by atoms with Crippen LogP contribution in [0.4, 0.5) is 17.2 Å². The molecule has 1 aromatic heterocycles. The second kappa shape index (κ2) is 9.55. The number of rotatable bonds is 6. The van der Waals surface area contributed by atoms with Gasteiger partial charge in [-0.2, -0.15) is 0 Å². The van der Waals surface area contributed by atoms with Gasteiger partial charge in [0, 0.05) is 23.0 Å². The number of hydrogen-bond acceptors (Lipinski definition) is 4. The first-order valence-corrected chi connectivity index (χ1v) is 11.2. The number of fused-ring (bicyclic) bond motifs is 1. The van der Waals surface area contributed by atoms with Gasteiger partial charge in [0.1, 0.15) is 11.6 Å². The Morgan fingerprint density at radius 2 is 1.50 bits per heavy atom. The van der Waals surface area contributed by atoms with E-state index in [0.29, 0.717) is 18.1 Å². The highest BCUT2D eigenvalue weighted by molar-refractivity contribution is 5.96. The molecule has 5 nitrogen and oxygen atoms in total. The van der Waals surface area contributed by atoms with Crippen LogP contribution in [0.2, 0.25) is 0 Å². The van der Waals surface area contributed by atoms with E-state index in [4.69, 9.17) is 0 Å². The van der Waals surface area contributed by atoms with Crippen molar-refractivity contribution in [3.05, 3.63) is 115 Å². The van der Waals surface area contributed by atoms with Gasteiger partial charge in [0.05, 0.1) is 12.1 Å². The van der Waals surface area contributed by atoms with Crippen molar-refractivity contribution < 1.29 is 4.79 Å². The largest absolute Gasteiger partial charge is 0.340 e. The molecule has 0 radical (unpaired) electrons. The predicted molar refractivity (Wildman–Crippen MR) is 138 cm³/mol. The van der Waals surface area contributed by atoms with Gasteiger partial charge in [-0.1, -0.05) is 78.9 Å². The maximum absolute atomic E-state index is 12.8. The Kier molecular flexibility index (Phi) is 5.99. The number of carbonyl (C=O) groups excluding carboxylic acids is 1. The summed E-state index contributed by atoms with van der Waals surface area (Å²) in [6.07, 6.45) is 0.310. The average molecular weight is 445 g/mol. The summed E-state index contributed by atoms with van der Waals surface area (Å²) < 4.78 is 0. The normalized spacial score (nSPS) is 10.7. The molecule has 0 unspecified atom stereocenters. The quantitative estimate of drug-likeness (QED) is 0.312. The first-order chi connectivity index (χ1) is 16.6. The first-order valence-electron chi connectivity index (χ1n) is 11.2. The van der Waals surface area contributed by atoms with Gasteiger partial charge in [-0.25, -0.2) is 9.97 Å². The second-order valence-corrected chi connectivity index (χ2v) is 8.12. The van der Waals surface area contributed by atoms with Crippen molar-refractivity contribution >= 4 is 33.9 Å². The van der Waals surface area contributed by atoms with Crippen LogP contribution in [0.3, 0.4) is 0 Å². The minimum Gasteiger partial charge on any atom is -0.340 e. The van der Waals surface area contributed by atoms with Crippen LogP contribution in [0.15, 0.2) is 103 Å². The van der Waals surface area contributed by atoms with E-state index in [2.05, 4.69) is 38.8 Å². The molecule has 0 spiro atoms. The molecule has 0 fully saturated rings. The van der Waals surface area contributed by atoms with E-state index < -0.39 is 0 Å². The van der Waals surface area contributed by atoms with Crippen molar-refractivity contribution in [2.45, 2.75) is 13.3 Å². The van der Waals surface area contributed by atoms with Crippen molar-refractivity contribution in [3.8, 4) is 11.3 Å². The number of aryl methyl sites for hydroxylation is 1. The molecule has 2 N–H and O–H groups in total. The van der Waals surface area contributed by atoms with Crippen LogP contribution in [0.25, 0.3) is 22.0 Å². The third-order valence-corrected chi connectivity index (χ3v) is 5.56. The average Bonchev–Trinajstić information content (AvgIpc) is 2.85. The summed E-state index contributed by atoms with van der Waals surface area (Å²) >= 11 is 0. The molecule has 5 aromatic rings. The second-order valence-electron chi connectivity index (χ2n) is 8.12. The molecule has 0 aliphatic carbocycles. The van der Waals surface area contributed by atoms with E-state index >= 15 is 0 Å². The lowest BCUT2D eigenvalue weighted by atomic mass is 10.0. The maximum Gasteiger partial charge on any atom is 0.228 e. The van der Waals surface area contributed by atoms with Crippen LogP contribution in [0.5, 0.6) is 0 Å². The molecule has 4 aromatic carbocycles. The molecule has 1 amide bonds. The molecular formula is C29H24N4O. The zero-order valence-electron chi connectivity index (χ0n) is 18.8. The molecule has 0 saturated heterocycles. The number of nitrogens with one attached hydrogen (secondary N) is 2. The van der Waals surface area contributed by atoms with E-state index in [1.807, 2.05) is 91.9 Å². The minimum absolute atomic E-state index is 0.0576. The summed E-state index contributed by atoms with van der Waals surface area (Å²) in [6, 6.07) is 33.7. The van der Waals surface area contributed by atoms with Gasteiger partial charge in [0.2, 0.25) is 5.91 Å². The molecule has 166 valence electrons. The summed E-state index contributed by atoms with van der Waals surface area (Å²) in [7, 11) is 0. The number of carbonyl (C=O) groups is 1. The summed E-state index contributed by atoms with van der Waals surface area (Å²) in [5.41, 5.74) is 4.46. The predicted octanol–water partition coefficient (Wildman–Crippen LogP) is 6.53. The van der Waals surface area contributed by atoms with E-state index in [9.17, 15) is 4.79 Å². The van der Waals surface area contributed by atoms with Gasteiger partial charge in [-0.3, -0.25) is 4.79 Å². The topological polar surface area (TPSA) is 66.9 Å². The Labute approximate surface area is 198 Å². The Morgan fingerprint density at radius 3 is 2.38 bits per heavy atom. The monoisotopic (exact) mass is 444 g/mol. The van der Waals surface area contributed by atoms with Gasteiger partial charge in [0.25, 0.3) is 0 Å². The highest BCUT2D eigenvalue weighted by atomic mass is 16.1. The SMILES string of the molecule is Cc1nc(Nc2cccc(NC(=O)Cc3cccc4ccccc34)c2)cc(-c2ccccc2)n1. The van der Waals surface area contributed by atoms with Crippen LogP contribution >= 0.6 is 0 Å². The van der Waals surface area contributed by atoms with Crippen molar-refractivity contribution in [2.24, 2.45) is 0 Å². The Balaban J connectivity index is 1.31. The smallest absolute Gasteiger partial charge is 0.228 e. The molecule has 0 aliphatic heterocycles. The van der Waals surface area contributed by atoms with Crippen LogP contribution in [0.1, 0.15) is 11.4 Å². The lowest BCUT2D eigenvalue weighted by molar-refractivity contribution is -0.115.